The predicted molar refractivity (Wildman–Crippen MR) is 69.2 cm³/mol. The van der Waals surface area contributed by atoms with E-state index in [0.29, 0.717) is 24.3 Å². The second-order valence-electron chi connectivity index (χ2n) is 3.73. The summed E-state index contributed by atoms with van der Waals surface area (Å²) in [4.78, 5) is 16.7. The first-order valence-electron chi connectivity index (χ1n) is 5.70. The van der Waals surface area contributed by atoms with Gasteiger partial charge < -0.3 is 14.8 Å². The highest BCUT2D eigenvalue weighted by atomic mass is 16.5. The monoisotopic (exact) mass is 261 g/mol. The van der Waals surface area contributed by atoms with Crippen LogP contribution in [0.15, 0.2) is 18.3 Å². The van der Waals surface area contributed by atoms with E-state index in [-0.39, 0.29) is 0 Å². The molecule has 0 amide bonds. The second kappa shape index (κ2) is 5.94. The Bertz CT molecular complexity index is 539. The third-order valence-corrected chi connectivity index (χ3v) is 2.36. The summed E-state index contributed by atoms with van der Waals surface area (Å²) in [5.74, 6) is 2.03. The summed E-state index contributed by atoms with van der Waals surface area (Å²) in [6, 6.07) is 3.44. The van der Waals surface area contributed by atoms with E-state index in [1.54, 1.807) is 26.5 Å². The molecule has 0 aromatic carbocycles. The molecule has 7 nitrogen and oxygen atoms in total. The van der Waals surface area contributed by atoms with Crippen molar-refractivity contribution in [3.8, 4) is 11.8 Å². The second-order valence-corrected chi connectivity index (χ2v) is 3.73. The van der Waals surface area contributed by atoms with E-state index in [2.05, 4.69) is 25.3 Å². The van der Waals surface area contributed by atoms with Gasteiger partial charge in [-0.1, -0.05) is 0 Å². The number of aryl methyl sites for hydroxylation is 1. The molecule has 0 saturated heterocycles. The van der Waals surface area contributed by atoms with Crippen molar-refractivity contribution >= 4 is 5.95 Å². The highest BCUT2D eigenvalue weighted by molar-refractivity contribution is 5.34. The Morgan fingerprint density at radius 2 is 1.79 bits per heavy atom. The molecule has 0 saturated carbocycles. The van der Waals surface area contributed by atoms with Gasteiger partial charge in [0.25, 0.3) is 0 Å². The quantitative estimate of drug-likeness (QED) is 0.866. The Morgan fingerprint density at radius 3 is 2.37 bits per heavy atom. The summed E-state index contributed by atoms with van der Waals surface area (Å²) in [7, 11) is 3.08. The molecule has 0 fully saturated rings. The van der Waals surface area contributed by atoms with E-state index < -0.39 is 0 Å². The van der Waals surface area contributed by atoms with Crippen LogP contribution in [-0.4, -0.2) is 34.2 Å². The zero-order valence-electron chi connectivity index (χ0n) is 11.0. The van der Waals surface area contributed by atoms with Crippen LogP contribution in [-0.2, 0) is 6.54 Å². The Hall–Kier alpha value is -2.44. The number of methoxy groups -OCH3 is 2. The van der Waals surface area contributed by atoms with Crippen LogP contribution in [0.3, 0.4) is 0 Å². The summed E-state index contributed by atoms with van der Waals surface area (Å²) in [6.45, 7) is 2.34. The number of aromatic nitrogens is 4. The molecular formula is C12H15N5O2. The molecule has 2 rings (SSSR count). The Morgan fingerprint density at radius 1 is 1.11 bits per heavy atom. The molecule has 100 valence electrons. The average Bonchev–Trinajstić information content (AvgIpc) is 2.44. The summed E-state index contributed by atoms with van der Waals surface area (Å²) >= 11 is 0. The van der Waals surface area contributed by atoms with Gasteiger partial charge >= 0.3 is 0 Å². The molecule has 0 bridgehead atoms. The van der Waals surface area contributed by atoms with Crippen LogP contribution in [0, 0.1) is 6.92 Å². The number of ether oxygens (including phenoxy) is 2. The first kappa shape index (κ1) is 13.0. The molecule has 0 atom stereocenters. The lowest BCUT2D eigenvalue weighted by Gasteiger charge is -2.08. The van der Waals surface area contributed by atoms with Gasteiger partial charge in [-0.15, -0.1) is 0 Å². The van der Waals surface area contributed by atoms with Crippen LogP contribution in [0.4, 0.5) is 5.95 Å². The maximum absolute atomic E-state index is 5.07. The molecule has 0 aliphatic carbocycles. The Kier molecular flexibility index (Phi) is 4.07. The van der Waals surface area contributed by atoms with Crippen molar-refractivity contribution in [2.45, 2.75) is 13.5 Å². The van der Waals surface area contributed by atoms with Gasteiger partial charge in [0.05, 0.1) is 32.5 Å². The number of nitrogens with zero attached hydrogens (tertiary/aromatic N) is 4. The molecule has 0 spiro atoms. The normalized spacial score (nSPS) is 10.1. The minimum absolute atomic E-state index is 0.424. The van der Waals surface area contributed by atoms with Gasteiger partial charge in [-0.3, -0.25) is 0 Å². The lowest BCUT2D eigenvalue weighted by atomic mass is 10.4. The van der Waals surface area contributed by atoms with Crippen molar-refractivity contribution in [1.29, 1.82) is 0 Å². The van der Waals surface area contributed by atoms with Crippen molar-refractivity contribution in [3.63, 3.8) is 0 Å². The fourth-order valence-electron chi connectivity index (χ4n) is 1.47. The van der Waals surface area contributed by atoms with Crippen molar-refractivity contribution in [2.24, 2.45) is 0 Å². The smallest absolute Gasteiger partial charge is 0.229 e. The zero-order chi connectivity index (χ0) is 13.7. The van der Waals surface area contributed by atoms with E-state index in [9.17, 15) is 0 Å². The fourth-order valence-corrected chi connectivity index (χ4v) is 1.47. The highest BCUT2D eigenvalue weighted by Gasteiger charge is 2.05. The topological polar surface area (TPSA) is 82.0 Å². The molecule has 2 aromatic heterocycles. The third-order valence-electron chi connectivity index (χ3n) is 2.36. The lowest BCUT2D eigenvalue weighted by Crippen LogP contribution is -2.07. The van der Waals surface area contributed by atoms with Gasteiger partial charge in [-0.05, 0) is 13.0 Å². The molecule has 19 heavy (non-hydrogen) atoms. The molecule has 2 heterocycles. The summed E-state index contributed by atoms with van der Waals surface area (Å²) in [5, 5.41) is 3.07. The van der Waals surface area contributed by atoms with Crippen LogP contribution in [0.25, 0.3) is 0 Å². The highest BCUT2D eigenvalue weighted by Crippen LogP contribution is 2.17. The number of anilines is 1. The van der Waals surface area contributed by atoms with Crippen LogP contribution in [0.1, 0.15) is 11.5 Å². The average molecular weight is 261 g/mol. The Labute approximate surface area is 111 Å². The number of hydrogen-bond donors (Lipinski definition) is 1. The van der Waals surface area contributed by atoms with E-state index in [1.807, 2.05) is 13.0 Å². The first-order chi connectivity index (χ1) is 9.21. The van der Waals surface area contributed by atoms with Crippen molar-refractivity contribution in [2.75, 3.05) is 19.5 Å². The third kappa shape index (κ3) is 3.51. The fraction of sp³-hybridized carbons (Fsp3) is 0.333. The molecule has 0 unspecified atom stereocenters. The largest absolute Gasteiger partial charge is 0.481 e. The molecular weight excluding hydrogens is 246 g/mol. The number of nitrogens with one attached hydrogen (secondary N) is 1. The minimum atomic E-state index is 0.424. The molecule has 0 aliphatic heterocycles. The minimum Gasteiger partial charge on any atom is -0.481 e. The molecule has 7 heteroatoms. The van der Waals surface area contributed by atoms with Crippen molar-refractivity contribution in [1.82, 2.24) is 19.9 Å². The van der Waals surface area contributed by atoms with Crippen molar-refractivity contribution in [3.05, 3.63) is 29.8 Å². The predicted octanol–water partition coefficient (Wildman–Crippen LogP) is 1.20. The number of rotatable bonds is 5. The zero-order valence-corrected chi connectivity index (χ0v) is 11.0. The van der Waals surface area contributed by atoms with Gasteiger partial charge in [-0.25, -0.2) is 9.97 Å². The summed E-state index contributed by atoms with van der Waals surface area (Å²) in [6.07, 6.45) is 1.71. The summed E-state index contributed by atoms with van der Waals surface area (Å²) < 4.78 is 10.1. The van der Waals surface area contributed by atoms with Gasteiger partial charge in [-0.2, -0.15) is 9.97 Å². The van der Waals surface area contributed by atoms with E-state index in [1.165, 1.54) is 0 Å². The Balaban J connectivity index is 2.10. The molecule has 0 radical (unpaired) electrons. The maximum atomic E-state index is 5.07. The van der Waals surface area contributed by atoms with Gasteiger partial charge in [0, 0.05) is 6.20 Å². The van der Waals surface area contributed by atoms with Crippen LogP contribution < -0.4 is 14.8 Å². The van der Waals surface area contributed by atoms with Crippen LogP contribution in [0.2, 0.25) is 0 Å². The standard InChI is InChI=1S/C12H15N5O2/c1-8-13-5-4-9(15-8)7-14-12-16-10(18-2)6-11(17-12)19-3/h4-6H,7H2,1-3H3,(H,14,16,17). The van der Waals surface area contributed by atoms with Crippen LogP contribution >= 0.6 is 0 Å². The van der Waals surface area contributed by atoms with E-state index in [0.717, 1.165) is 11.5 Å². The SMILES string of the molecule is COc1cc(OC)nc(NCc2ccnc(C)n2)n1. The summed E-state index contributed by atoms with van der Waals surface area (Å²) in [5.41, 5.74) is 0.859. The van der Waals surface area contributed by atoms with Gasteiger partial charge in [0.15, 0.2) is 0 Å². The number of hydrogen-bond acceptors (Lipinski definition) is 7. The van der Waals surface area contributed by atoms with E-state index >= 15 is 0 Å². The van der Waals surface area contributed by atoms with Crippen LogP contribution in [0.5, 0.6) is 11.8 Å². The van der Waals surface area contributed by atoms with Crippen molar-refractivity contribution < 1.29 is 9.47 Å². The molecule has 0 aliphatic rings. The van der Waals surface area contributed by atoms with Gasteiger partial charge in [0.2, 0.25) is 17.7 Å². The maximum Gasteiger partial charge on any atom is 0.229 e. The van der Waals surface area contributed by atoms with Gasteiger partial charge in [0.1, 0.15) is 5.82 Å². The lowest BCUT2D eigenvalue weighted by molar-refractivity contribution is 0.373. The molecule has 1 N–H and O–H groups in total. The first-order valence-corrected chi connectivity index (χ1v) is 5.70. The molecule has 2 aromatic rings. The van der Waals surface area contributed by atoms with E-state index in [4.69, 9.17) is 9.47 Å².